The van der Waals surface area contributed by atoms with E-state index in [9.17, 15) is 9.18 Å². The molecule has 1 rings (SSSR count). The Bertz CT molecular complexity index is 210. The molecule has 2 nitrogen and oxygen atoms in total. The van der Waals surface area contributed by atoms with E-state index >= 15 is 0 Å². The summed E-state index contributed by atoms with van der Waals surface area (Å²) in [6, 6.07) is 0. The van der Waals surface area contributed by atoms with Gasteiger partial charge in [0.25, 0.3) is 0 Å². The number of halogens is 1. The van der Waals surface area contributed by atoms with Crippen LogP contribution in [0.1, 0.15) is 0 Å². The molecule has 11 heavy (non-hydrogen) atoms. The molecule has 0 bridgehead atoms. The molecule has 2 unspecified atom stereocenters. The molecule has 0 aromatic rings. The van der Waals surface area contributed by atoms with Crippen LogP contribution in [-0.2, 0) is 9.53 Å². The van der Waals surface area contributed by atoms with Gasteiger partial charge in [0.1, 0.15) is 6.29 Å². The number of hydrogen-bond acceptors (Lipinski definition) is 2. The van der Waals surface area contributed by atoms with Crippen molar-refractivity contribution in [3.05, 3.63) is 24.3 Å². The van der Waals surface area contributed by atoms with Crippen LogP contribution in [-0.4, -0.2) is 19.3 Å². The zero-order chi connectivity index (χ0) is 8.32. The van der Waals surface area contributed by atoms with Gasteiger partial charge in [-0.05, 0) is 6.08 Å². The molecule has 0 aromatic carbocycles. The van der Waals surface area contributed by atoms with E-state index in [0.717, 1.165) is 0 Å². The molecule has 0 N–H and O–H groups in total. The minimum absolute atomic E-state index is 0.531. The molecule has 2 atom stereocenters. The SMILES string of the molecule is COC1(F)C=CC=CC1C=O. The van der Waals surface area contributed by atoms with Crippen LogP contribution in [0.5, 0.6) is 0 Å². The lowest BCUT2D eigenvalue weighted by atomic mass is 9.97. The summed E-state index contributed by atoms with van der Waals surface area (Å²) in [7, 11) is 1.24. The maximum atomic E-state index is 13.4. The lowest BCUT2D eigenvalue weighted by Gasteiger charge is -2.25. The number of allylic oxidation sites excluding steroid dienone is 2. The van der Waals surface area contributed by atoms with Crippen LogP contribution in [0.3, 0.4) is 0 Å². The molecule has 0 saturated carbocycles. The number of alkyl halides is 1. The average molecular weight is 156 g/mol. The van der Waals surface area contributed by atoms with Gasteiger partial charge in [-0.1, -0.05) is 18.2 Å². The molecular formula is C8H9FO2. The van der Waals surface area contributed by atoms with Crippen molar-refractivity contribution < 1.29 is 13.9 Å². The number of ether oxygens (including phenoxy) is 1. The van der Waals surface area contributed by atoms with Crippen LogP contribution in [0, 0.1) is 5.92 Å². The van der Waals surface area contributed by atoms with E-state index in [1.165, 1.54) is 25.3 Å². The van der Waals surface area contributed by atoms with E-state index in [4.69, 9.17) is 0 Å². The van der Waals surface area contributed by atoms with Crippen molar-refractivity contribution in [1.82, 2.24) is 0 Å². The van der Waals surface area contributed by atoms with Crippen molar-refractivity contribution in [2.45, 2.75) is 5.85 Å². The minimum Gasteiger partial charge on any atom is -0.345 e. The van der Waals surface area contributed by atoms with Gasteiger partial charge in [-0.3, -0.25) is 0 Å². The van der Waals surface area contributed by atoms with E-state index in [1.807, 2.05) is 0 Å². The molecule has 0 heterocycles. The summed E-state index contributed by atoms with van der Waals surface area (Å²) in [4.78, 5) is 10.3. The molecule has 3 heteroatoms. The van der Waals surface area contributed by atoms with Gasteiger partial charge >= 0.3 is 0 Å². The third kappa shape index (κ3) is 1.38. The molecule has 0 aromatic heterocycles. The van der Waals surface area contributed by atoms with Crippen molar-refractivity contribution in [1.29, 1.82) is 0 Å². The fraction of sp³-hybridized carbons (Fsp3) is 0.375. The Balaban J connectivity index is 2.85. The molecule has 0 aliphatic heterocycles. The van der Waals surface area contributed by atoms with Crippen LogP contribution >= 0.6 is 0 Å². The highest BCUT2D eigenvalue weighted by Gasteiger charge is 2.36. The molecule has 0 radical (unpaired) electrons. The molecule has 0 saturated heterocycles. The van der Waals surface area contributed by atoms with Gasteiger partial charge < -0.3 is 9.53 Å². The Labute approximate surface area is 64.3 Å². The van der Waals surface area contributed by atoms with E-state index in [0.29, 0.717) is 6.29 Å². The van der Waals surface area contributed by atoms with Crippen molar-refractivity contribution in [2.24, 2.45) is 5.92 Å². The smallest absolute Gasteiger partial charge is 0.241 e. The van der Waals surface area contributed by atoms with Crippen molar-refractivity contribution in [2.75, 3.05) is 7.11 Å². The highest BCUT2D eigenvalue weighted by Crippen LogP contribution is 2.27. The van der Waals surface area contributed by atoms with Crippen LogP contribution in [0.25, 0.3) is 0 Å². The topological polar surface area (TPSA) is 26.3 Å². The lowest BCUT2D eigenvalue weighted by molar-refractivity contribution is -0.134. The third-order valence-corrected chi connectivity index (χ3v) is 1.67. The minimum atomic E-state index is -1.95. The number of carbonyl (C=O) groups excluding carboxylic acids is 1. The maximum Gasteiger partial charge on any atom is 0.241 e. The van der Waals surface area contributed by atoms with Gasteiger partial charge in [0.2, 0.25) is 5.85 Å². The van der Waals surface area contributed by atoms with Crippen LogP contribution in [0.2, 0.25) is 0 Å². The predicted molar refractivity (Wildman–Crippen MR) is 38.7 cm³/mol. The summed E-state index contributed by atoms with van der Waals surface area (Å²) < 4.78 is 17.9. The fourth-order valence-electron chi connectivity index (χ4n) is 0.955. The molecule has 0 amide bonds. The van der Waals surface area contributed by atoms with Crippen molar-refractivity contribution >= 4 is 6.29 Å². The number of carbonyl (C=O) groups is 1. The Morgan fingerprint density at radius 2 is 2.36 bits per heavy atom. The first-order valence-electron chi connectivity index (χ1n) is 3.28. The number of methoxy groups -OCH3 is 1. The molecule has 60 valence electrons. The monoisotopic (exact) mass is 156 g/mol. The quantitative estimate of drug-likeness (QED) is 0.562. The summed E-state index contributed by atoms with van der Waals surface area (Å²) in [6.45, 7) is 0. The average Bonchev–Trinajstić information content (AvgIpc) is 2.05. The van der Waals surface area contributed by atoms with Gasteiger partial charge in [0, 0.05) is 7.11 Å². The molecule has 1 aliphatic rings. The normalized spacial score (nSPS) is 35.6. The number of hydrogen-bond donors (Lipinski definition) is 0. The molecular weight excluding hydrogens is 147 g/mol. The molecule has 1 aliphatic carbocycles. The summed E-state index contributed by atoms with van der Waals surface area (Å²) in [6.07, 6.45) is 6.37. The van der Waals surface area contributed by atoms with Crippen molar-refractivity contribution in [3.63, 3.8) is 0 Å². The van der Waals surface area contributed by atoms with Gasteiger partial charge in [-0.2, -0.15) is 0 Å². The van der Waals surface area contributed by atoms with Gasteiger partial charge in [0.05, 0.1) is 5.92 Å². The Morgan fingerprint density at radius 1 is 1.64 bits per heavy atom. The second kappa shape index (κ2) is 2.96. The predicted octanol–water partition coefficient (Wildman–Crippen LogP) is 1.24. The second-order valence-corrected chi connectivity index (χ2v) is 2.31. The lowest BCUT2D eigenvalue weighted by Crippen LogP contribution is -2.34. The Morgan fingerprint density at radius 3 is 2.82 bits per heavy atom. The fourth-order valence-corrected chi connectivity index (χ4v) is 0.955. The summed E-state index contributed by atoms with van der Waals surface area (Å²) in [5.41, 5.74) is 0. The van der Waals surface area contributed by atoms with E-state index in [-0.39, 0.29) is 0 Å². The van der Waals surface area contributed by atoms with Crippen LogP contribution in [0.15, 0.2) is 24.3 Å². The first-order chi connectivity index (χ1) is 5.23. The number of rotatable bonds is 2. The van der Waals surface area contributed by atoms with Gasteiger partial charge in [0.15, 0.2) is 0 Å². The number of aldehydes is 1. The van der Waals surface area contributed by atoms with Gasteiger partial charge in [-0.15, -0.1) is 0 Å². The van der Waals surface area contributed by atoms with E-state index in [2.05, 4.69) is 4.74 Å². The summed E-state index contributed by atoms with van der Waals surface area (Å²) >= 11 is 0. The first-order valence-corrected chi connectivity index (χ1v) is 3.28. The second-order valence-electron chi connectivity index (χ2n) is 2.31. The summed E-state index contributed by atoms with van der Waals surface area (Å²) in [5.74, 6) is -2.77. The zero-order valence-corrected chi connectivity index (χ0v) is 6.16. The van der Waals surface area contributed by atoms with Gasteiger partial charge in [-0.25, -0.2) is 4.39 Å². The highest BCUT2D eigenvalue weighted by atomic mass is 19.2. The standard InChI is InChI=1S/C8H9FO2/c1-11-8(9)5-3-2-4-7(8)6-10/h2-7H,1H3. The highest BCUT2D eigenvalue weighted by molar-refractivity contribution is 5.60. The zero-order valence-electron chi connectivity index (χ0n) is 6.16. The van der Waals surface area contributed by atoms with E-state index in [1.54, 1.807) is 6.08 Å². The van der Waals surface area contributed by atoms with E-state index < -0.39 is 11.8 Å². The maximum absolute atomic E-state index is 13.4. The Hall–Kier alpha value is -0.960. The third-order valence-electron chi connectivity index (χ3n) is 1.67. The van der Waals surface area contributed by atoms with Crippen LogP contribution < -0.4 is 0 Å². The van der Waals surface area contributed by atoms with Crippen molar-refractivity contribution in [3.8, 4) is 0 Å². The molecule has 0 fully saturated rings. The Kier molecular flexibility index (Phi) is 2.19. The largest absolute Gasteiger partial charge is 0.345 e. The van der Waals surface area contributed by atoms with Crippen LogP contribution in [0.4, 0.5) is 4.39 Å². The summed E-state index contributed by atoms with van der Waals surface area (Å²) in [5, 5.41) is 0. The molecule has 0 spiro atoms. The first kappa shape index (κ1) is 8.14.